The summed E-state index contributed by atoms with van der Waals surface area (Å²) in [5, 5.41) is 0. The number of rotatable bonds is 0. The first-order valence-electron chi connectivity index (χ1n) is 2.03. The number of hydrogen-bond acceptors (Lipinski definition) is 1. The van der Waals surface area contributed by atoms with E-state index < -0.39 is 0 Å². The van der Waals surface area contributed by atoms with Crippen LogP contribution < -0.4 is 0 Å². The summed E-state index contributed by atoms with van der Waals surface area (Å²) in [5.41, 5.74) is 0. The molecule has 0 saturated carbocycles. The summed E-state index contributed by atoms with van der Waals surface area (Å²) in [6, 6.07) is 5.64. The quantitative estimate of drug-likeness (QED) is 0.492. The fourth-order valence-corrected chi connectivity index (χ4v) is 0.523. The van der Waals surface area contributed by atoms with E-state index in [4.69, 9.17) is 12.2 Å². The molecule has 0 spiro atoms. The van der Waals surface area contributed by atoms with Crippen molar-refractivity contribution in [2.75, 3.05) is 0 Å². The third kappa shape index (κ3) is 2.99. The van der Waals surface area contributed by atoms with Gasteiger partial charge in [-0.3, -0.25) is 0 Å². The van der Waals surface area contributed by atoms with E-state index in [-0.39, 0.29) is 45.5 Å². The van der Waals surface area contributed by atoms with E-state index in [0.29, 0.717) is 0 Å². The number of aromatic nitrogens is 1. The molecule has 0 aliphatic carbocycles. The Labute approximate surface area is 90.4 Å². The summed E-state index contributed by atoms with van der Waals surface area (Å²) < 4.78 is 0.780. The molecule has 0 unspecified atom stereocenters. The second-order valence-electron chi connectivity index (χ2n) is 1.23. The van der Waals surface area contributed by atoms with E-state index >= 15 is 0 Å². The number of aromatic amines is 1. The van der Waals surface area contributed by atoms with Crippen LogP contribution in [0, 0.1) is 4.64 Å². The van der Waals surface area contributed by atoms with Crippen LogP contribution in [0.25, 0.3) is 0 Å². The van der Waals surface area contributed by atoms with Gasteiger partial charge in [0.1, 0.15) is 4.64 Å². The maximum atomic E-state index is 4.76. The van der Waals surface area contributed by atoms with Crippen LogP contribution in [0.3, 0.4) is 0 Å². The van der Waals surface area contributed by atoms with E-state index in [9.17, 15) is 0 Å². The van der Waals surface area contributed by atoms with Crippen molar-refractivity contribution in [3.8, 4) is 0 Å². The summed E-state index contributed by atoms with van der Waals surface area (Å²) in [4.78, 5) is 2.85. The van der Waals surface area contributed by atoms with Crippen LogP contribution in [0.15, 0.2) is 24.4 Å². The smallest absolute Gasteiger partial charge is 0.103 e. The van der Waals surface area contributed by atoms with Crippen LogP contribution in [0.1, 0.15) is 0 Å². The van der Waals surface area contributed by atoms with Gasteiger partial charge in [0.15, 0.2) is 0 Å². The van der Waals surface area contributed by atoms with Gasteiger partial charge in [-0.15, -0.1) is 0 Å². The third-order valence-corrected chi connectivity index (χ3v) is 0.934. The monoisotopic (exact) mass is 199 g/mol. The SMILES string of the molecule is S=c1cccc[nH]1.[Sr]. The van der Waals surface area contributed by atoms with Crippen molar-refractivity contribution in [1.29, 1.82) is 0 Å². The van der Waals surface area contributed by atoms with Crippen LogP contribution >= 0.6 is 12.2 Å². The second kappa shape index (κ2) is 4.70. The molecule has 0 amide bonds. The zero-order valence-electron chi connectivity index (χ0n) is 4.42. The van der Waals surface area contributed by atoms with Gasteiger partial charge in [0.05, 0.1) is 0 Å². The Hall–Kier alpha value is 0.851. The van der Waals surface area contributed by atoms with Crippen molar-refractivity contribution in [3.05, 3.63) is 29.0 Å². The molecule has 0 saturated heterocycles. The fourth-order valence-electron chi connectivity index (χ4n) is 0.377. The van der Waals surface area contributed by atoms with Gasteiger partial charge in [0.2, 0.25) is 0 Å². The molecular weight excluding hydrogens is 194 g/mol. The van der Waals surface area contributed by atoms with E-state index in [0.717, 1.165) is 4.64 Å². The molecule has 1 heterocycles. The molecule has 0 atom stereocenters. The Bertz CT molecular complexity index is 178. The van der Waals surface area contributed by atoms with E-state index in [1.807, 2.05) is 24.4 Å². The van der Waals surface area contributed by atoms with Gasteiger partial charge in [-0.2, -0.15) is 0 Å². The van der Waals surface area contributed by atoms with Gasteiger partial charge >= 0.3 is 0 Å². The molecule has 0 fully saturated rings. The van der Waals surface area contributed by atoms with Gasteiger partial charge in [-0.05, 0) is 12.1 Å². The predicted molar refractivity (Wildman–Crippen MR) is 37.4 cm³/mol. The van der Waals surface area contributed by atoms with Gasteiger partial charge in [0, 0.05) is 51.7 Å². The fraction of sp³-hybridized carbons (Fsp3) is 0. The zero-order chi connectivity index (χ0) is 5.11. The van der Waals surface area contributed by atoms with E-state index in [2.05, 4.69) is 4.98 Å². The van der Waals surface area contributed by atoms with Gasteiger partial charge in [0.25, 0.3) is 0 Å². The molecular formula is C5H5NSSr. The van der Waals surface area contributed by atoms with Crippen LogP contribution in [0.5, 0.6) is 0 Å². The van der Waals surface area contributed by atoms with Gasteiger partial charge in [-0.1, -0.05) is 18.3 Å². The number of pyridine rings is 1. The summed E-state index contributed by atoms with van der Waals surface area (Å²) >= 11 is 4.76. The third-order valence-electron chi connectivity index (χ3n) is 0.681. The molecule has 38 valence electrons. The van der Waals surface area contributed by atoms with Crippen molar-refractivity contribution in [1.82, 2.24) is 4.98 Å². The predicted octanol–water partition coefficient (Wildman–Crippen LogP) is 1.36. The Morgan fingerprint density at radius 3 is 2.38 bits per heavy atom. The summed E-state index contributed by atoms with van der Waals surface area (Å²) in [6.45, 7) is 0. The van der Waals surface area contributed by atoms with Crippen LogP contribution in [0.4, 0.5) is 0 Å². The van der Waals surface area contributed by atoms with Crippen molar-refractivity contribution >= 4 is 57.7 Å². The maximum Gasteiger partial charge on any atom is 0.103 e. The summed E-state index contributed by atoms with van der Waals surface area (Å²) in [7, 11) is 0. The molecule has 0 bridgehead atoms. The molecule has 1 rings (SSSR count). The minimum Gasteiger partial charge on any atom is -0.353 e. The average molecular weight is 199 g/mol. The molecule has 1 aromatic rings. The molecule has 3 heteroatoms. The molecule has 8 heavy (non-hydrogen) atoms. The molecule has 0 aromatic carbocycles. The number of nitrogens with one attached hydrogen (secondary N) is 1. The minimum absolute atomic E-state index is 0. The maximum absolute atomic E-state index is 4.76. The Morgan fingerprint density at radius 1 is 1.38 bits per heavy atom. The Balaban J connectivity index is 0.000000490. The van der Waals surface area contributed by atoms with Crippen molar-refractivity contribution < 1.29 is 0 Å². The van der Waals surface area contributed by atoms with Crippen molar-refractivity contribution in [2.24, 2.45) is 0 Å². The second-order valence-corrected chi connectivity index (χ2v) is 1.67. The zero-order valence-corrected chi connectivity index (χ0v) is 8.72. The summed E-state index contributed by atoms with van der Waals surface area (Å²) in [5.74, 6) is 0. The first kappa shape index (κ1) is 8.85. The van der Waals surface area contributed by atoms with E-state index in [1.165, 1.54) is 0 Å². The molecule has 1 aromatic heterocycles. The van der Waals surface area contributed by atoms with Crippen LogP contribution in [-0.2, 0) is 0 Å². The molecule has 0 aliphatic heterocycles. The van der Waals surface area contributed by atoms with Crippen LogP contribution in [0.2, 0.25) is 0 Å². The molecule has 0 aliphatic rings. The standard InChI is InChI=1S/C5H5NS.Sr/c7-5-3-1-2-4-6-5;/h1-4H,(H,6,7);. The largest absolute Gasteiger partial charge is 0.353 e. The van der Waals surface area contributed by atoms with Crippen molar-refractivity contribution in [3.63, 3.8) is 0 Å². The van der Waals surface area contributed by atoms with Crippen molar-refractivity contribution in [2.45, 2.75) is 0 Å². The van der Waals surface area contributed by atoms with E-state index in [1.54, 1.807) is 0 Å². The molecule has 1 N–H and O–H groups in total. The Morgan fingerprint density at radius 2 is 2.12 bits per heavy atom. The minimum atomic E-state index is 0. The summed E-state index contributed by atoms with van der Waals surface area (Å²) in [6.07, 6.45) is 1.81. The normalized spacial score (nSPS) is 7.50. The Kier molecular flexibility index (Phi) is 5.20. The average Bonchev–Trinajstić information content (AvgIpc) is 1.69. The topological polar surface area (TPSA) is 15.8 Å². The first-order chi connectivity index (χ1) is 3.39. The van der Waals surface area contributed by atoms with Crippen LogP contribution in [-0.4, -0.2) is 50.5 Å². The van der Waals surface area contributed by atoms with Gasteiger partial charge in [-0.25, -0.2) is 0 Å². The number of hydrogen-bond donors (Lipinski definition) is 1. The molecule has 1 nitrogen and oxygen atoms in total. The van der Waals surface area contributed by atoms with Gasteiger partial charge < -0.3 is 4.98 Å². The number of H-pyrrole nitrogens is 1. The molecule has 2 radical (unpaired) electrons. The first-order valence-corrected chi connectivity index (χ1v) is 2.44.